The van der Waals surface area contributed by atoms with Crippen LogP contribution in [0.2, 0.25) is 0 Å². The molecular formula is C21H27N5O3. The molecule has 1 aromatic carbocycles. The molecule has 0 bridgehead atoms. The molecule has 8 heteroatoms. The molecule has 0 saturated carbocycles. The van der Waals surface area contributed by atoms with Crippen molar-refractivity contribution in [3.8, 4) is 17.1 Å². The number of nitrogens with zero attached hydrogens (tertiary/aromatic N) is 5. The van der Waals surface area contributed by atoms with Crippen molar-refractivity contribution in [2.45, 2.75) is 6.92 Å². The number of amides is 1. The maximum Gasteiger partial charge on any atom is 0.236 e. The number of phenols is 1. The highest BCUT2D eigenvalue weighted by Gasteiger charge is 2.24. The normalized spacial score (nSPS) is 18.1. The lowest BCUT2D eigenvalue weighted by atomic mass is 10.2. The molecular weight excluding hydrogens is 370 g/mol. The maximum absolute atomic E-state index is 12.5. The van der Waals surface area contributed by atoms with Gasteiger partial charge in [-0.25, -0.2) is 9.97 Å². The zero-order chi connectivity index (χ0) is 20.2. The van der Waals surface area contributed by atoms with Gasteiger partial charge in [-0.15, -0.1) is 0 Å². The number of para-hydroxylation sites is 1. The van der Waals surface area contributed by atoms with Crippen molar-refractivity contribution in [3.63, 3.8) is 0 Å². The summed E-state index contributed by atoms with van der Waals surface area (Å²) >= 11 is 0. The highest BCUT2D eigenvalue weighted by Crippen LogP contribution is 2.27. The van der Waals surface area contributed by atoms with Crippen molar-refractivity contribution < 1.29 is 14.6 Å². The van der Waals surface area contributed by atoms with Crippen molar-refractivity contribution in [3.05, 3.63) is 36.0 Å². The highest BCUT2D eigenvalue weighted by molar-refractivity contribution is 5.78. The van der Waals surface area contributed by atoms with Crippen molar-refractivity contribution in [1.29, 1.82) is 0 Å². The first-order chi connectivity index (χ1) is 14.1. The molecule has 0 radical (unpaired) electrons. The number of rotatable bonds is 4. The second-order valence-electron chi connectivity index (χ2n) is 7.46. The molecule has 1 aromatic heterocycles. The van der Waals surface area contributed by atoms with Crippen LogP contribution in [0.3, 0.4) is 0 Å². The average molecular weight is 397 g/mol. The van der Waals surface area contributed by atoms with E-state index in [0.717, 1.165) is 37.7 Å². The van der Waals surface area contributed by atoms with Crippen LogP contribution >= 0.6 is 0 Å². The number of anilines is 1. The summed E-state index contributed by atoms with van der Waals surface area (Å²) in [7, 11) is 0. The summed E-state index contributed by atoms with van der Waals surface area (Å²) in [6, 6.07) is 9.09. The Labute approximate surface area is 170 Å². The van der Waals surface area contributed by atoms with Crippen LogP contribution in [0.25, 0.3) is 11.4 Å². The van der Waals surface area contributed by atoms with Gasteiger partial charge in [0, 0.05) is 51.0 Å². The minimum Gasteiger partial charge on any atom is -0.507 e. The summed E-state index contributed by atoms with van der Waals surface area (Å²) in [5.74, 6) is 1.75. The summed E-state index contributed by atoms with van der Waals surface area (Å²) in [6.45, 7) is 8.25. The molecule has 1 amide bonds. The lowest BCUT2D eigenvalue weighted by Gasteiger charge is -2.36. The predicted octanol–water partition coefficient (Wildman–Crippen LogP) is 1.14. The minimum absolute atomic E-state index is 0.176. The van der Waals surface area contributed by atoms with Gasteiger partial charge in [-0.2, -0.15) is 0 Å². The lowest BCUT2D eigenvalue weighted by molar-refractivity contribution is -0.136. The number of piperazine rings is 1. The van der Waals surface area contributed by atoms with Crippen molar-refractivity contribution in [2.24, 2.45) is 0 Å². The Morgan fingerprint density at radius 1 is 1.07 bits per heavy atom. The number of hydrogen-bond acceptors (Lipinski definition) is 7. The summed E-state index contributed by atoms with van der Waals surface area (Å²) in [5.41, 5.74) is 1.49. The monoisotopic (exact) mass is 397 g/mol. The second kappa shape index (κ2) is 8.75. The number of aromatic hydroxyl groups is 1. The molecule has 2 aliphatic heterocycles. The van der Waals surface area contributed by atoms with Gasteiger partial charge in [-0.3, -0.25) is 9.69 Å². The number of aryl methyl sites for hydroxylation is 1. The van der Waals surface area contributed by atoms with Crippen molar-refractivity contribution in [1.82, 2.24) is 19.8 Å². The number of carbonyl (C=O) groups is 1. The van der Waals surface area contributed by atoms with Gasteiger partial charge in [0.2, 0.25) is 5.91 Å². The Balaban J connectivity index is 1.39. The van der Waals surface area contributed by atoms with E-state index in [1.54, 1.807) is 12.1 Å². The van der Waals surface area contributed by atoms with E-state index in [9.17, 15) is 9.90 Å². The van der Waals surface area contributed by atoms with Gasteiger partial charge in [0.25, 0.3) is 0 Å². The number of morpholine rings is 1. The predicted molar refractivity (Wildman–Crippen MR) is 110 cm³/mol. The third-order valence-electron chi connectivity index (χ3n) is 5.40. The lowest BCUT2D eigenvalue weighted by Crippen LogP contribution is -2.51. The first-order valence-electron chi connectivity index (χ1n) is 10.1. The minimum atomic E-state index is 0.176. The average Bonchev–Trinajstić information content (AvgIpc) is 2.75. The number of aromatic nitrogens is 2. The highest BCUT2D eigenvalue weighted by atomic mass is 16.5. The topological polar surface area (TPSA) is 82.0 Å². The van der Waals surface area contributed by atoms with E-state index < -0.39 is 0 Å². The van der Waals surface area contributed by atoms with E-state index in [2.05, 4.69) is 14.8 Å². The fraction of sp³-hybridized carbons (Fsp3) is 0.476. The fourth-order valence-corrected chi connectivity index (χ4v) is 3.74. The summed E-state index contributed by atoms with van der Waals surface area (Å²) < 4.78 is 5.32. The third kappa shape index (κ3) is 4.65. The fourth-order valence-electron chi connectivity index (χ4n) is 3.74. The molecule has 2 aliphatic rings. The molecule has 2 fully saturated rings. The molecule has 3 heterocycles. The molecule has 0 spiro atoms. The third-order valence-corrected chi connectivity index (χ3v) is 5.40. The molecule has 29 heavy (non-hydrogen) atoms. The van der Waals surface area contributed by atoms with Gasteiger partial charge in [-0.05, 0) is 19.1 Å². The number of ether oxygens (including phenoxy) is 1. The number of carbonyl (C=O) groups excluding carboxylic acids is 1. The van der Waals surface area contributed by atoms with Gasteiger partial charge in [0.05, 0.1) is 25.3 Å². The van der Waals surface area contributed by atoms with E-state index >= 15 is 0 Å². The molecule has 0 aliphatic carbocycles. The Morgan fingerprint density at radius 3 is 2.52 bits per heavy atom. The smallest absolute Gasteiger partial charge is 0.236 e. The Kier molecular flexibility index (Phi) is 5.92. The van der Waals surface area contributed by atoms with Crippen LogP contribution in [-0.2, 0) is 9.53 Å². The van der Waals surface area contributed by atoms with Gasteiger partial charge in [0.1, 0.15) is 11.6 Å². The van der Waals surface area contributed by atoms with Crippen LogP contribution < -0.4 is 4.90 Å². The number of phenolic OH excluding ortho intramolecular Hbond substituents is 1. The Hall–Kier alpha value is -2.71. The zero-order valence-electron chi connectivity index (χ0n) is 16.8. The van der Waals surface area contributed by atoms with Crippen LogP contribution in [0.5, 0.6) is 5.75 Å². The molecule has 8 nitrogen and oxygen atoms in total. The first-order valence-corrected chi connectivity index (χ1v) is 10.1. The zero-order valence-corrected chi connectivity index (χ0v) is 16.8. The van der Waals surface area contributed by atoms with E-state index in [0.29, 0.717) is 44.2 Å². The first kappa shape index (κ1) is 19.6. The van der Waals surface area contributed by atoms with Crippen molar-refractivity contribution >= 4 is 11.7 Å². The molecule has 0 atom stereocenters. The van der Waals surface area contributed by atoms with Gasteiger partial charge in [0.15, 0.2) is 5.82 Å². The molecule has 2 saturated heterocycles. The Morgan fingerprint density at radius 2 is 1.79 bits per heavy atom. The van der Waals surface area contributed by atoms with E-state index in [4.69, 9.17) is 9.72 Å². The van der Waals surface area contributed by atoms with E-state index in [1.165, 1.54) is 0 Å². The molecule has 0 unspecified atom stereocenters. The summed E-state index contributed by atoms with van der Waals surface area (Å²) in [5, 5.41) is 10.1. The number of hydrogen-bond donors (Lipinski definition) is 1. The van der Waals surface area contributed by atoms with Crippen molar-refractivity contribution in [2.75, 3.05) is 63.9 Å². The molecule has 1 N–H and O–H groups in total. The van der Waals surface area contributed by atoms with Crippen LogP contribution in [0, 0.1) is 6.92 Å². The SMILES string of the molecule is Cc1cc(N2CCN(CC(=O)N3CCOCC3)CC2)nc(-c2ccccc2O)n1. The Bertz CT molecular complexity index is 861. The molecule has 4 rings (SSSR count). The molecule has 154 valence electrons. The van der Waals surface area contributed by atoms with Crippen LogP contribution in [0.1, 0.15) is 5.69 Å². The van der Waals surface area contributed by atoms with Crippen LogP contribution in [0.4, 0.5) is 5.82 Å². The standard InChI is InChI=1S/C21H27N5O3/c1-16-14-19(23-21(22-16)17-4-2-3-5-18(17)27)25-8-6-24(7-9-25)15-20(28)26-10-12-29-13-11-26/h2-5,14,27H,6-13,15H2,1H3. The second-order valence-corrected chi connectivity index (χ2v) is 7.46. The number of benzene rings is 1. The maximum atomic E-state index is 12.5. The largest absolute Gasteiger partial charge is 0.507 e. The van der Waals surface area contributed by atoms with Gasteiger partial charge < -0.3 is 19.6 Å². The van der Waals surface area contributed by atoms with E-state index in [-0.39, 0.29) is 11.7 Å². The van der Waals surface area contributed by atoms with Gasteiger partial charge >= 0.3 is 0 Å². The van der Waals surface area contributed by atoms with Crippen LogP contribution in [0.15, 0.2) is 30.3 Å². The molecule has 2 aromatic rings. The summed E-state index contributed by atoms with van der Waals surface area (Å²) in [6.07, 6.45) is 0. The summed E-state index contributed by atoms with van der Waals surface area (Å²) in [4.78, 5) is 28.0. The van der Waals surface area contributed by atoms with Crippen LogP contribution in [-0.4, -0.2) is 89.8 Å². The quantitative estimate of drug-likeness (QED) is 0.828. The van der Waals surface area contributed by atoms with Gasteiger partial charge in [-0.1, -0.05) is 12.1 Å². The van der Waals surface area contributed by atoms with E-state index in [1.807, 2.05) is 30.0 Å².